The zero-order valence-electron chi connectivity index (χ0n) is 13.7. The van der Waals surface area contributed by atoms with Crippen molar-refractivity contribution >= 4 is 5.91 Å². The standard InChI is InChI=1S/C18H19N3O4/c19-18(22)15-8-13(3-4-20-15)25-14-10-21(11-14)9-12-1-2-16-17(7-12)24-6-5-23-16/h1-4,7-8,14H,5-6,9-11H2,(H2,19,22). The first-order valence-corrected chi connectivity index (χ1v) is 8.21. The van der Waals surface area contributed by atoms with Crippen molar-refractivity contribution in [2.75, 3.05) is 26.3 Å². The molecule has 2 aliphatic rings. The van der Waals surface area contributed by atoms with Crippen molar-refractivity contribution in [2.45, 2.75) is 12.6 Å². The molecular formula is C18H19N3O4. The number of hydrogen-bond donors (Lipinski definition) is 1. The van der Waals surface area contributed by atoms with E-state index in [1.54, 1.807) is 12.1 Å². The van der Waals surface area contributed by atoms with E-state index >= 15 is 0 Å². The van der Waals surface area contributed by atoms with Crippen LogP contribution >= 0.6 is 0 Å². The number of pyridine rings is 1. The first-order valence-electron chi connectivity index (χ1n) is 8.21. The molecule has 1 aromatic heterocycles. The Labute approximate surface area is 145 Å². The lowest BCUT2D eigenvalue weighted by Crippen LogP contribution is -2.53. The molecule has 25 heavy (non-hydrogen) atoms. The van der Waals surface area contributed by atoms with Gasteiger partial charge >= 0.3 is 0 Å². The molecule has 4 rings (SSSR count). The summed E-state index contributed by atoms with van der Waals surface area (Å²) in [6, 6.07) is 9.36. The minimum absolute atomic E-state index is 0.0975. The zero-order chi connectivity index (χ0) is 17.2. The van der Waals surface area contributed by atoms with E-state index in [2.05, 4.69) is 16.0 Å². The molecular weight excluding hydrogens is 322 g/mol. The molecule has 7 nitrogen and oxygen atoms in total. The van der Waals surface area contributed by atoms with E-state index in [1.165, 1.54) is 11.8 Å². The highest BCUT2D eigenvalue weighted by Gasteiger charge is 2.28. The molecule has 0 aliphatic carbocycles. The van der Waals surface area contributed by atoms with Crippen molar-refractivity contribution < 1.29 is 19.0 Å². The molecule has 0 spiro atoms. The number of hydrogen-bond acceptors (Lipinski definition) is 6. The van der Waals surface area contributed by atoms with E-state index in [9.17, 15) is 4.79 Å². The van der Waals surface area contributed by atoms with Crippen LogP contribution in [0.2, 0.25) is 0 Å². The second-order valence-electron chi connectivity index (χ2n) is 6.15. The van der Waals surface area contributed by atoms with Gasteiger partial charge in [0.25, 0.3) is 5.91 Å². The molecule has 1 amide bonds. The second kappa shape index (κ2) is 6.60. The summed E-state index contributed by atoms with van der Waals surface area (Å²) in [5, 5.41) is 0. The van der Waals surface area contributed by atoms with Crippen LogP contribution in [0.1, 0.15) is 16.1 Å². The number of benzene rings is 1. The molecule has 1 saturated heterocycles. The second-order valence-corrected chi connectivity index (χ2v) is 6.15. The van der Waals surface area contributed by atoms with Crippen molar-refractivity contribution in [3.63, 3.8) is 0 Å². The first-order chi connectivity index (χ1) is 12.2. The van der Waals surface area contributed by atoms with Crippen LogP contribution in [0.15, 0.2) is 36.5 Å². The quantitative estimate of drug-likeness (QED) is 0.880. The number of primary amides is 1. The van der Waals surface area contributed by atoms with Gasteiger partial charge in [-0.2, -0.15) is 0 Å². The summed E-state index contributed by atoms with van der Waals surface area (Å²) in [4.78, 5) is 17.3. The Kier molecular flexibility index (Phi) is 4.15. The number of likely N-dealkylation sites (tertiary alicyclic amines) is 1. The van der Waals surface area contributed by atoms with Gasteiger partial charge in [0.15, 0.2) is 11.5 Å². The predicted octanol–water partition coefficient (Wildman–Crippen LogP) is 1.21. The lowest BCUT2D eigenvalue weighted by Gasteiger charge is -2.39. The molecule has 0 atom stereocenters. The van der Waals surface area contributed by atoms with Crippen molar-refractivity contribution in [3.05, 3.63) is 47.8 Å². The maximum Gasteiger partial charge on any atom is 0.267 e. The Morgan fingerprint density at radius 1 is 1.20 bits per heavy atom. The number of nitrogens with zero attached hydrogens (tertiary/aromatic N) is 2. The summed E-state index contributed by atoms with van der Waals surface area (Å²) in [6.07, 6.45) is 1.63. The number of nitrogens with two attached hydrogens (primary N) is 1. The number of fused-ring (bicyclic) bond motifs is 1. The first kappa shape index (κ1) is 15.7. The van der Waals surface area contributed by atoms with Gasteiger partial charge in [0.1, 0.15) is 30.8 Å². The molecule has 0 saturated carbocycles. The molecule has 7 heteroatoms. The predicted molar refractivity (Wildman–Crippen MR) is 89.9 cm³/mol. The number of ether oxygens (including phenoxy) is 3. The number of amides is 1. The van der Waals surface area contributed by atoms with Gasteiger partial charge in [-0.15, -0.1) is 0 Å². The molecule has 1 aromatic carbocycles. The van der Waals surface area contributed by atoms with Crippen molar-refractivity contribution in [1.29, 1.82) is 0 Å². The largest absolute Gasteiger partial charge is 0.488 e. The molecule has 0 bridgehead atoms. The third-order valence-electron chi connectivity index (χ3n) is 4.22. The molecule has 130 valence electrons. The van der Waals surface area contributed by atoms with Crippen LogP contribution in [0.3, 0.4) is 0 Å². The van der Waals surface area contributed by atoms with Crippen LogP contribution in [0.5, 0.6) is 17.2 Å². The van der Waals surface area contributed by atoms with Crippen molar-refractivity contribution in [2.24, 2.45) is 5.73 Å². The van der Waals surface area contributed by atoms with E-state index in [-0.39, 0.29) is 11.8 Å². The average Bonchev–Trinajstić information content (AvgIpc) is 2.60. The zero-order valence-corrected chi connectivity index (χ0v) is 13.7. The average molecular weight is 341 g/mol. The van der Waals surface area contributed by atoms with Gasteiger partial charge in [0, 0.05) is 31.9 Å². The minimum Gasteiger partial charge on any atom is -0.488 e. The van der Waals surface area contributed by atoms with E-state index in [1.807, 2.05) is 12.1 Å². The van der Waals surface area contributed by atoms with Crippen LogP contribution in [0, 0.1) is 0 Å². The molecule has 3 heterocycles. The summed E-state index contributed by atoms with van der Waals surface area (Å²) in [5.41, 5.74) is 6.63. The summed E-state index contributed by atoms with van der Waals surface area (Å²) in [6.45, 7) is 3.67. The fourth-order valence-corrected chi connectivity index (χ4v) is 2.98. The monoisotopic (exact) mass is 341 g/mol. The van der Waals surface area contributed by atoms with E-state index in [0.29, 0.717) is 19.0 Å². The van der Waals surface area contributed by atoms with Gasteiger partial charge in [-0.05, 0) is 23.8 Å². The van der Waals surface area contributed by atoms with E-state index < -0.39 is 5.91 Å². The Bertz CT molecular complexity index is 790. The maximum atomic E-state index is 11.2. The summed E-state index contributed by atoms with van der Waals surface area (Å²) in [7, 11) is 0. The Morgan fingerprint density at radius 2 is 2.00 bits per heavy atom. The van der Waals surface area contributed by atoms with E-state index in [0.717, 1.165) is 31.1 Å². The van der Waals surface area contributed by atoms with Crippen molar-refractivity contribution in [1.82, 2.24) is 9.88 Å². The minimum atomic E-state index is -0.556. The SMILES string of the molecule is NC(=O)c1cc(OC2CN(Cc3ccc4c(c3)OCCO4)C2)ccn1. The highest BCUT2D eigenvalue weighted by molar-refractivity contribution is 5.91. The Hall–Kier alpha value is -2.80. The maximum absolute atomic E-state index is 11.2. The highest BCUT2D eigenvalue weighted by atomic mass is 16.6. The molecule has 0 radical (unpaired) electrons. The molecule has 2 aromatic rings. The molecule has 2 aliphatic heterocycles. The number of rotatable bonds is 5. The molecule has 2 N–H and O–H groups in total. The Balaban J connectivity index is 1.30. The number of carbonyl (C=O) groups excluding carboxylic acids is 1. The fourth-order valence-electron chi connectivity index (χ4n) is 2.98. The highest BCUT2D eigenvalue weighted by Crippen LogP contribution is 2.31. The summed E-state index contributed by atoms with van der Waals surface area (Å²) >= 11 is 0. The fraction of sp³-hybridized carbons (Fsp3) is 0.333. The van der Waals surface area contributed by atoms with Gasteiger partial charge in [-0.25, -0.2) is 0 Å². The summed E-state index contributed by atoms with van der Waals surface area (Å²) < 4.78 is 17.0. The third-order valence-corrected chi connectivity index (χ3v) is 4.22. The molecule has 1 fully saturated rings. The lowest BCUT2D eigenvalue weighted by atomic mass is 10.1. The smallest absolute Gasteiger partial charge is 0.267 e. The van der Waals surface area contributed by atoms with Crippen LogP contribution < -0.4 is 19.9 Å². The topological polar surface area (TPSA) is 86.9 Å². The number of carbonyl (C=O) groups is 1. The van der Waals surface area contributed by atoms with Gasteiger partial charge in [0.2, 0.25) is 0 Å². The normalized spacial score (nSPS) is 17.0. The van der Waals surface area contributed by atoms with Gasteiger partial charge in [0.05, 0.1) is 0 Å². The van der Waals surface area contributed by atoms with Crippen LogP contribution in [-0.2, 0) is 6.54 Å². The van der Waals surface area contributed by atoms with Crippen molar-refractivity contribution in [3.8, 4) is 17.2 Å². The van der Waals surface area contributed by atoms with Gasteiger partial charge < -0.3 is 19.9 Å². The Morgan fingerprint density at radius 3 is 2.80 bits per heavy atom. The van der Waals surface area contributed by atoms with Crippen LogP contribution in [-0.4, -0.2) is 48.2 Å². The third kappa shape index (κ3) is 3.51. The summed E-state index contributed by atoms with van der Waals surface area (Å²) in [5.74, 6) is 1.68. The van der Waals surface area contributed by atoms with Crippen LogP contribution in [0.4, 0.5) is 0 Å². The van der Waals surface area contributed by atoms with Gasteiger partial charge in [-0.3, -0.25) is 14.7 Å². The van der Waals surface area contributed by atoms with E-state index in [4.69, 9.17) is 19.9 Å². The van der Waals surface area contributed by atoms with Gasteiger partial charge in [-0.1, -0.05) is 6.07 Å². The number of aromatic nitrogens is 1. The van der Waals surface area contributed by atoms with Crippen LogP contribution in [0.25, 0.3) is 0 Å². The lowest BCUT2D eigenvalue weighted by molar-refractivity contribution is 0.0144. The molecule has 0 unspecified atom stereocenters.